The fourth-order valence-corrected chi connectivity index (χ4v) is 2.15. The smallest absolute Gasteiger partial charge is 0.341 e. The van der Waals surface area contributed by atoms with Gasteiger partial charge in [-0.3, -0.25) is 0 Å². The number of carboxylic acids is 1. The Balaban J connectivity index is 1.78. The number of anilines is 1. The van der Waals surface area contributed by atoms with E-state index in [4.69, 9.17) is 9.84 Å². The van der Waals surface area contributed by atoms with E-state index in [1.54, 1.807) is 24.3 Å². The van der Waals surface area contributed by atoms with Crippen molar-refractivity contribution in [1.29, 1.82) is 0 Å². The molecule has 6 nitrogen and oxygen atoms in total. The van der Waals surface area contributed by atoms with Gasteiger partial charge in [0.1, 0.15) is 5.75 Å². The molecule has 0 aliphatic heterocycles. The first kappa shape index (κ1) is 14.2. The van der Waals surface area contributed by atoms with Crippen molar-refractivity contribution >= 4 is 17.7 Å². The number of urea groups is 1. The largest absolute Gasteiger partial charge is 0.482 e. The van der Waals surface area contributed by atoms with Gasteiger partial charge < -0.3 is 20.5 Å². The molecule has 2 rings (SSSR count). The number of benzene rings is 1. The van der Waals surface area contributed by atoms with Crippen molar-refractivity contribution in [3.8, 4) is 5.75 Å². The molecule has 1 aromatic carbocycles. The summed E-state index contributed by atoms with van der Waals surface area (Å²) < 4.78 is 5.00. The van der Waals surface area contributed by atoms with Crippen LogP contribution in [0.25, 0.3) is 0 Å². The summed E-state index contributed by atoms with van der Waals surface area (Å²) in [6.45, 7) is 1.78. The predicted octanol–water partition coefficient (Wildman–Crippen LogP) is 2.07. The molecule has 0 radical (unpaired) electrons. The SMILES string of the molecule is CC1CC(NC(=O)Nc2ccc(OCC(=O)O)cc2)C1. The Bertz CT molecular complexity index is 480. The third kappa shape index (κ3) is 4.15. The fourth-order valence-electron chi connectivity index (χ4n) is 2.15. The van der Waals surface area contributed by atoms with E-state index in [9.17, 15) is 9.59 Å². The van der Waals surface area contributed by atoms with Crippen molar-refractivity contribution < 1.29 is 19.4 Å². The molecule has 108 valence electrons. The number of hydrogen-bond acceptors (Lipinski definition) is 3. The van der Waals surface area contributed by atoms with Crippen molar-refractivity contribution in [1.82, 2.24) is 5.32 Å². The lowest BCUT2D eigenvalue weighted by Crippen LogP contribution is -2.45. The van der Waals surface area contributed by atoms with Crippen LogP contribution in [-0.2, 0) is 4.79 Å². The lowest BCUT2D eigenvalue weighted by Gasteiger charge is -2.33. The zero-order chi connectivity index (χ0) is 14.5. The number of carbonyl (C=O) groups is 2. The Labute approximate surface area is 117 Å². The molecule has 1 aromatic rings. The molecule has 1 aliphatic rings. The molecule has 20 heavy (non-hydrogen) atoms. The maximum atomic E-state index is 11.7. The average molecular weight is 278 g/mol. The van der Waals surface area contributed by atoms with Gasteiger partial charge in [-0.05, 0) is 43.0 Å². The van der Waals surface area contributed by atoms with Crippen LogP contribution >= 0.6 is 0 Å². The molecule has 0 atom stereocenters. The van der Waals surface area contributed by atoms with E-state index in [-0.39, 0.29) is 18.7 Å². The first-order valence-electron chi connectivity index (χ1n) is 6.55. The molecular formula is C14H18N2O4. The number of rotatable bonds is 5. The van der Waals surface area contributed by atoms with Gasteiger partial charge in [0.2, 0.25) is 0 Å². The highest BCUT2D eigenvalue weighted by Gasteiger charge is 2.26. The first-order chi connectivity index (χ1) is 9.52. The van der Waals surface area contributed by atoms with Crippen LogP contribution in [0.4, 0.5) is 10.5 Å². The van der Waals surface area contributed by atoms with Crippen molar-refractivity contribution in [3.05, 3.63) is 24.3 Å². The van der Waals surface area contributed by atoms with E-state index >= 15 is 0 Å². The Kier molecular flexibility index (Phi) is 4.45. The zero-order valence-corrected chi connectivity index (χ0v) is 11.3. The highest BCUT2D eigenvalue weighted by Crippen LogP contribution is 2.26. The third-order valence-electron chi connectivity index (χ3n) is 3.18. The van der Waals surface area contributed by atoms with Gasteiger partial charge in [-0.1, -0.05) is 6.92 Å². The Morgan fingerprint density at radius 3 is 2.50 bits per heavy atom. The second-order valence-electron chi connectivity index (χ2n) is 5.08. The Morgan fingerprint density at radius 1 is 1.30 bits per heavy atom. The van der Waals surface area contributed by atoms with E-state index in [1.165, 1.54) is 0 Å². The molecule has 1 saturated carbocycles. The number of hydrogen-bond donors (Lipinski definition) is 3. The molecule has 1 fully saturated rings. The number of carbonyl (C=O) groups excluding carboxylic acids is 1. The topological polar surface area (TPSA) is 87.7 Å². The van der Waals surface area contributed by atoms with E-state index in [1.807, 2.05) is 0 Å². The molecule has 0 saturated heterocycles. The van der Waals surface area contributed by atoms with Crippen molar-refractivity contribution in [3.63, 3.8) is 0 Å². The molecule has 0 bridgehead atoms. The minimum absolute atomic E-state index is 0.221. The van der Waals surface area contributed by atoms with Crippen LogP contribution in [0, 0.1) is 5.92 Å². The van der Waals surface area contributed by atoms with Crippen molar-refractivity contribution in [2.24, 2.45) is 5.92 Å². The lowest BCUT2D eigenvalue weighted by atomic mass is 9.82. The summed E-state index contributed by atoms with van der Waals surface area (Å²) in [6.07, 6.45) is 2.05. The standard InChI is InChI=1S/C14H18N2O4/c1-9-6-11(7-9)16-14(19)15-10-2-4-12(5-3-10)20-8-13(17)18/h2-5,9,11H,6-8H2,1H3,(H,17,18)(H2,15,16,19). The van der Waals surface area contributed by atoms with Gasteiger partial charge in [-0.15, -0.1) is 0 Å². The van der Waals surface area contributed by atoms with E-state index in [2.05, 4.69) is 17.6 Å². The summed E-state index contributed by atoms with van der Waals surface area (Å²) in [5.74, 6) is 0.110. The third-order valence-corrected chi connectivity index (χ3v) is 3.18. The van der Waals surface area contributed by atoms with Crippen LogP contribution in [0.1, 0.15) is 19.8 Å². The maximum Gasteiger partial charge on any atom is 0.341 e. The van der Waals surface area contributed by atoms with Gasteiger partial charge in [-0.2, -0.15) is 0 Å². The minimum Gasteiger partial charge on any atom is -0.482 e. The second kappa shape index (κ2) is 6.27. The minimum atomic E-state index is -1.03. The van der Waals surface area contributed by atoms with E-state index in [0.29, 0.717) is 17.4 Å². The summed E-state index contributed by atoms with van der Waals surface area (Å²) in [7, 11) is 0. The monoisotopic (exact) mass is 278 g/mol. The second-order valence-corrected chi connectivity index (χ2v) is 5.08. The van der Waals surface area contributed by atoms with Crippen molar-refractivity contribution in [2.45, 2.75) is 25.8 Å². The van der Waals surface area contributed by atoms with Gasteiger partial charge in [0, 0.05) is 11.7 Å². The van der Waals surface area contributed by atoms with Gasteiger partial charge in [0.25, 0.3) is 0 Å². The van der Waals surface area contributed by atoms with Crippen LogP contribution in [0.15, 0.2) is 24.3 Å². The molecule has 3 N–H and O–H groups in total. The molecular weight excluding hydrogens is 260 g/mol. The van der Waals surface area contributed by atoms with Gasteiger partial charge in [-0.25, -0.2) is 9.59 Å². The van der Waals surface area contributed by atoms with Gasteiger partial charge in [0.15, 0.2) is 6.61 Å². The number of aliphatic carboxylic acids is 1. The molecule has 0 aromatic heterocycles. The molecule has 6 heteroatoms. The van der Waals surface area contributed by atoms with Gasteiger partial charge >= 0.3 is 12.0 Å². The normalized spacial score (nSPS) is 20.6. The summed E-state index contributed by atoms with van der Waals surface area (Å²) >= 11 is 0. The summed E-state index contributed by atoms with van der Waals surface area (Å²) in [4.78, 5) is 22.0. The lowest BCUT2D eigenvalue weighted by molar-refractivity contribution is -0.139. The highest BCUT2D eigenvalue weighted by molar-refractivity contribution is 5.89. The van der Waals surface area contributed by atoms with E-state index < -0.39 is 5.97 Å². The first-order valence-corrected chi connectivity index (χ1v) is 6.55. The van der Waals surface area contributed by atoms with Crippen LogP contribution in [-0.4, -0.2) is 29.8 Å². The van der Waals surface area contributed by atoms with Crippen LogP contribution in [0.5, 0.6) is 5.75 Å². The van der Waals surface area contributed by atoms with Crippen molar-refractivity contribution in [2.75, 3.05) is 11.9 Å². The quantitative estimate of drug-likeness (QED) is 0.769. The number of ether oxygens (including phenoxy) is 1. The maximum absolute atomic E-state index is 11.7. The fraction of sp³-hybridized carbons (Fsp3) is 0.429. The van der Waals surface area contributed by atoms with E-state index in [0.717, 1.165) is 12.8 Å². The highest BCUT2D eigenvalue weighted by atomic mass is 16.5. The number of nitrogens with one attached hydrogen (secondary N) is 2. The number of amides is 2. The Morgan fingerprint density at radius 2 is 1.95 bits per heavy atom. The molecule has 1 aliphatic carbocycles. The van der Waals surface area contributed by atoms with Crippen LogP contribution < -0.4 is 15.4 Å². The van der Waals surface area contributed by atoms with Crippen LogP contribution in [0.3, 0.4) is 0 Å². The zero-order valence-electron chi connectivity index (χ0n) is 11.3. The molecule has 0 spiro atoms. The summed E-state index contributed by atoms with van der Waals surface area (Å²) in [6, 6.07) is 6.61. The van der Waals surface area contributed by atoms with Crippen LogP contribution in [0.2, 0.25) is 0 Å². The predicted molar refractivity (Wildman–Crippen MR) is 73.9 cm³/mol. The number of carboxylic acid groups (broad SMARTS) is 1. The molecule has 2 amide bonds. The summed E-state index contributed by atoms with van der Waals surface area (Å²) in [5, 5.41) is 14.1. The Hall–Kier alpha value is -2.24. The summed E-state index contributed by atoms with van der Waals surface area (Å²) in [5.41, 5.74) is 0.637. The average Bonchev–Trinajstić information content (AvgIpc) is 2.36. The van der Waals surface area contributed by atoms with Gasteiger partial charge in [0.05, 0.1) is 0 Å². The molecule has 0 unspecified atom stereocenters. The molecule has 0 heterocycles.